The van der Waals surface area contributed by atoms with Gasteiger partial charge in [0.2, 0.25) is 0 Å². The van der Waals surface area contributed by atoms with Crippen LogP contribution in [-0.4, -0.2) is 11.7 Å². The Morgan fingerprint density at radius 2 is 1.33 bits per heavy atom. The van der Waals surface area contributed by atoms with Crippen molar-refractivity contribution in [1.82, 2.24) is 0 Å². The van der Waals surface area contributed by atoms with E-state index in [2.05, 4.69) is 0 Å². The van der Waals surface area contributed by atoms with E-state index in [0.717, 1.165) is 0 Å². The summed E-state index contributed by atoms with van der Waals surface area (Å²) in [5.74, 6) is 0. The first kappa shape index (κ1) is 25.9. The van der Waals surface area contributed by atoms with Crippen molar-refractivity contribution in [2.75, 3.05) is 6.61 Å². The minimum Gasteiger partial charge on any atom is -0.397 e. The first-order chi connectivity index (χ1) is 1.41. The number of hydrogen-bond acceptors (Lipinski definition) is 1. The van der Waals surface area contributed by atoms with E-state index in [1.54, 1.807) is 6.92 Å². The maximum absolute atomic E-state index is 7.57. The predicted molar refractivity (Wildman–Crippen MR) is 35.0 cm³/mol. The summed E-state index contributed by atoms with van der Waals surface area (Å²) in [5, 5.41) is 7.57. The average Bonchev–Trinajstić information content (AvgIpc) is 0.918. The molecule has 0 fully saturated rings. The molecule has 1 N–H and O–H groups in total. The van der Waals surface area contributed by atoms with E-state index in [9.17, 15) is 0 Å². The fraction of sp³-hybridized carbons (Fsp3) is 1.00. The second kappa shape index (κ2) is 31.6. The van der Waals surface area contributed by atoms with Crippen LogP contribution in [0.25, 0.3) is 0 Å². The maximum Gasteiger partial charge on any atom is 0.0402 e. The van der Waals surface area contributed by atoms with Crippen molar-refractivity contribution in [3.8, 4) is 0 Å². The van der Waals surface area contributed by atoms with Gasteiger partial charge in [-0.1, -0.05) is 0 Å². The molecule has 0 aliphatic rings. The average molecular weight is 220 g/mol. The van der Waals surface area contributed by atoms with E-state index in [0.29, 0.717) is 0 Å². The molecule has 0 bridgehead atoms. The molecule has 0 aromatic carbocycles. The van der Waals surface area contributed by atoms with Crippen LogP contribution in [0.2, 0.25) is 0 Å². The molecule has 0 rings (SSSR count). The van der Waals surface area contributed by atoms with Crippen molar-refractivity contribution in [2.24, 2.45) is 0 Å². The van der Waals surface area contributed by atoms with Crippen LogP contribution in [0.4, 0.5) is 0 Å². The zero-order valence-electron chi connectivity index (χ0n) is 3.88. The molecule has 2 unspecified atom stereocenters. The van der Waals surface area contributed by atoms with Gasteiger partial charge in [0.25, 0.3) is 0 Å². The van der Waals surface area contributed by atoms with Crippen molar-refractivity contribution >= 4 is 19.8 Å². The topological polar surface area (TPSA) is 20.2 Å². The van der Waals surface area contributed by atoms with E-state index in [-0.39, 0.29) is 46.8 Å². The van der Waals surface area contributed by atoms with Gasteiger partial charge < -0.3 is 5.11 Å². The summed E-state index contributed by atoms with van der Waals surface area (Å²) in [6.07, 6.45) is 0. The first-order valence-electron chi connectivity index (χ1n) is 1.02. The zero-order chi connectivity index (χ0) is 2.71. The van der Waals surface area contributed by atoms with Gasteiger partial charge in [-0.3, -0.25) is 0 Å². The fourth-order valence-corrected chi connectivity index (χ4v) is 0. The Kier molecular flexibility index (Phi) is 137. The molecule has 0 spiro atoms. The van der Waals surface area contributed by atoms with Crippen molar-refractivity contribution in [3.63, 3.8) is 0 Å². The Morgan fingerprint density at radius 3 is 1.33 bits per heavy atom. The van der Waals surface area contributed by atoms with Gasteiger partial charge in [-0.2, -0.15) is 19.8 Å². The second-order valence-corrected chi connectivity index (χ2v) is 0.316. The van der Waals surface area contributed by atoms with Crippen molar-refractivity contribution in [1.29, 1.82) is 0 Å². The van der Waals surface area contributed by atoms with Crippen LogP contribution in [0.1, 0.15) is 6.92 Å². The summed E-state index contributed by atoms with van der Waals surface area (Å²) in [6, 6.07) is 0. The van der Waals surface area contributed by atoms with Crippen LogP contribution in [0, 0.1) is 0 Å². The fourth-order valence-electron chi connectivity index (χ4n) is 0. The van der Waals surface area contributed by atoms with Gasteiger partial charge in [-0.25, -0.2) is 0 Å². The second-order valence-electron chi connectivity index (χ2n) is 0.316. The SMILES string of the molecule is CCO.P.P.[Pd]. The molecule has 4 heteroatoms. The molecule has 6 heavy (non-hydrogen) atoms. The zero-order valence-corrected chi connectivity index (χ0v) is 8.27. The molecule has 0 radical (unpaired) electrons. The Hall–Kier alpha value is 1.48. The number of aliphatic hydroxyl groups is 1. The third-order valence-electron chi connectivity index (χ3n) is 0. The van der Waals surface area contributed by atoms with E-state index in [1.807, 2.05) is 0 Å². The number of aliphatic hydroxyl groups excluding tert-OH is 1. The van der Waals surface area contributed by atoms with Crippen LogP contribution in [0.15, 0.2) is 0 Å². The largest absolute Gasteiger partial charge is 0.397 e. The predicted octanol–water partition coefficient (Wildman–Crippen LogP) is 0.112. The van der Waals surface area contributed by atoms with Crippen LogP contribution < -0.4 is 0 Å². The molecular formula is C2H12OP2Pd. The molecule has 0 saturated heterocycles. The molecule has 46 valence electrons. The Morgan fingerprint density at radius 1 is 1.33 bits per heavy atom. The number of hydrogen-bond donors (Lipinski definition) is 1. The minimum atomic E-state index is 0. The first-order valence-corrected chi connectivity index (χ1v) is 1.02. The standard InChI is InChI=1S/C2H6O.2H3P.Pd/c1-2-3;;;/h3H,2H2,1H3;2*1H3;. The Labute approximate surface area is 59.2 Å². The summed E-state index contributed by atoms with van der Waals surface area (Å²) in [7, 11) is 0. The smallest absolute Gasteiger partial charge is 0.0402 e. The molecule has 2 atom stereocenters. The summed E-state index contributed by atoms with van der Waals surface area (Å²) in [5.41, 5.74) is 0. The summed E-state index contributed by atoms with van der Waals surface area (Å²) in [4.78, 5) is 0. The molecule has 1 nitrogen and oxygen atoms in total. The van der Waals surface area contributed by atoms with E-state index in [4.69, 9.17) is 5.11 Å². The Bertz CT molecular complexity index is 11.5. The van der Waals surface area contributed by atoms with E-state index < -0.39 is 0 Å². The summed E-state index contributed by atoms with van der Waals surface area (Å²) < 4.78 is 0. The van der Waals surface area contributed by atoms with Gasteiger partial charge >= 0.3 is 0 Å². The number of rotatable bonds is 0. The summed E-state index contributed by atoms with van der Waals surface area (Å²) in [6.45, 7) is 1.93. The van der Waals surface area contributed by atoms with E-state index in [1.165, 1.54) is 0 Å². The van der Waals surface area contributed by atoms with Gasteiger partial charge in [0.15, 0.2) is 0 Å². The van der Waals surface area contributed by atoms with Gasteiger partial charge in [-0.05, 0) is 6.92 Å². The van der Waals surface area contributed by atoms with Crippen LogP contribution in [0.5, 0.6) is 0 Å². The molecule has 0 saturated carbocycles. The van der Waals surface area contributed by atoms with Crippen LogP contribution in [-0.2, 0) is 20.4 Å². The van der Waals surface area contributed by atoms with Crippen LogP contribution in [0.3, 0.4) is 0 Å². The summed E-state index contributed by atoms with van der Waals surface area (Å²) >= 11 is 0. The normalized spacial score (nSPS) is 3.00. The molecular weight excluding hydrogens is 208 g/mol. The van der Waals surface area contributed by atoms with E-state index >= 15 is 0 Å². The quantitative estimate of drug-likeness (QED) is 0.454. The monoisotopic (exact) mass is 220 g/mol. The maximum atomic E-state index is 7.57. The molecule has 0 aliphatic heterocycles. The van der Waals surface area contributed by atoms with Gasteiger partial charge in [0, 0.05) is 27.0 Å². The van der Waals surface area contributed by atoms with Gasteiger partial charge in [0.1, 0.15) is 0 Å². The Balaban J connectivity index is -0.00000000667. The van der Waals surface area contributed by atoms with Gasteiger partial charge in [-0.15, -0.1) is 0 Å². The van der Waals surface area contributed by atoms with Crippen LogP contribution >= 0.6 is 19.8 Å². The molecule has 0 heterocycles. The third-order valence-corrected chi connectivity index (χ3v) is 0. The third kappa shape index (κ3) is 50.1. The van der Waals surface area contributed by atoms with Gasteiger partial charge in [0.05, 0.1) is 0 Å². The van der Waals surface area contributed by atoms with Crippen molar-refractivity contribution in [3.05, 3.63) is 0 Å². The van der Waals surface area contributed by atoms with Crippen molar-refractivity contribution in [2.45, 2.75) is 6.92 Å². The van der Waals surface area contributed by atoms with Crippen molar-refractivity contribution < 1.29 is 25.5 Å². The molecule has 0 aromatic heterocycles. The molecule has 0 aliphatic carbocycles. The minimum absolute atomic E-state index is 0. The molecule has 0 aromatic rings. The molecule has 0 amide bonds.